The lowest BCUT2D eigenvalue weighted by molar-refractivity contribution is 0.247. The van der Waals surface area contributed by atoms with Crippen molar-refractivity contribution < 1.29 is 4.42 Å². The molecule has 0 aliphatic rings. The van der Waals surface area contributed by atoms with Crippen LogP contribution in [-0.4, -0.2) is 18.0 Å². The standard InChI is InChI=1S/C12H15N3O/c13-6-1-2-8-15(9-4-7-14)11-12-5-3-10-16-12/h3,5,10H,1-2,4,8-9,11H2. The first-order valence-corrected chi connectivity index (χ1v) is 5.35. The van der Waals surface area contributed by atoms with E-state index in [0.29, 0.717) is 19.4 Å². The summed E-state index contributed by atoms with van der Waals surface area (Å²) in [5, 5.41) is 17.0. The van der Waals surface area contributed by atoms with Crippen LogP contribution in [0, 0.1) is 22.7 Å². The van der Waals surface area contributed by atoms with E-state index in [1.807, 2.05) is 12.1 Å². The second-order valence-corrected chi connectivity index (χ2v) is 3.53. The van der Waals surface area contributed by atoms with Gasteiger partial charge in [-0.2, -0.15) is 10.5 Å². The topological polar surface area (TPSA) is 64.0 Å². The van der Waals surface area contributed by atoms with Gasteiger partial charge in [-0.3, -0.25) is 4.90 Å². The fourth-order valence-corrected chi connectivity index (χ4v) is 1.48. The summed E-state index contributed by atoms with van der Waals surface area (Å²) in [5.41, 5.74) is 0. The van der Waals surface area contributed by atoms with Crippen LogP contribution >= 0.6 is 0 Å². The molecule has 0 aliphatic carbocycles. The fraction of sp³-hybridized carbons (Fsp3) is 0.500. The first-order valence-electron chi connectivity index (χ1n) is 5.35. The SMILES string of the molecule is N#CCCCN(CCC#N)Cc1ccco1. The van der Waals surface area contributed by atoms with E-state index >= 15 is 0 Å². The Morgan fingerprint density at radius 3 is 2.62 bits per heavy atom. The van der Waals surface area contributed by atoms with Crippen LogP contribution in [-0.2, 0) is 6.54 Å². The number of unbranched alkanes of at least 4 members (excludes halogenated alkanes) is 1. The largest absolute Gasteiger partial charge is 0.468 e. The van der Waals surface area contributed by atoms with Crippen LogP contribution in [0.15, 0.2) is 22.8 Å². The molecule has 1 heterocycles. The zero-order valence-electron chi connectivity index (χ0n) is 9.22. The zero-order chi connectivity index (χ0) is 11.6. The van der Waals surface area contributed by atoms with Gasteiger partial charge in [0.15, 0.2) is 0 Å². The first-order chi connectivity index (χ1) is 7.86. The monoisotopic (exact) mass is 217 g/mol. The number of nitrogens with zero attached hydrogens (tertiary/aromatic N) is 3. The molecule has 0 N–H and O–H groups in total. The number of hydrogen-bond donors (Lipinski definition) is 0. The second kappa shape index (κ2) is 7.50. The van der Waals surface area contributed by atoms with Crippen molar-refractivity contribution >= 4 is 0 Å². The molecular weight excluding hydrogens is 202 g/mol. The van der Waals surface area contributed by atoms with Crippen molar-refractivity contribution in [1.82, 2.24) is 4.90 Å². The highest BCUT2D eigenvalue weighted by Gasteiger charge is 2.06. The maximum absolute atomic E-state index is 8.56. The van der Waals surface area contributed by atoms with Crippen molar-refractivity contribution in [1.29, 1.82) is 10.5 Å². The predicted molar refractivity (Wildman–Crippen MR) is 59.1 cm³/mol. The quantitative estimate of drug-likeness (QED) is 0.657. The maximum Gasteiger partial charge on any atom is 0.117 e. The highest BCUT2D eigenvalue weighted by Crippen LogP contribution is 2.07. The molecule has 1 aromatic heterocycles. The fourth-order valence-electron chi connectivity index (χ4n) is 1.48. The third kappa shape index (κ3) is 4.63. The molecule has 0 aliphatic heterocycles. The summed E-state index contributed by atoms with van der Waals surface area (Å²) in [7, 11) is 0. The smallest absolute Gasteiger partial charge is 0.117 e. The summed E-state index contributed by atoms with van der Waals surface area (Å²) < 4.78 is 5.26. The summed E-state index contributed by atoms with van der Waals surface area (Å²) in [5.74, 6) is 0.898. The zero-order valence-corrected chi connectivity index (χ0v) is 9.22. The number of furan rings is 1. The summed E-state index contributed by atoms with van der Waals surface area (Å²) in [6.45, 7) is 2.26. The molecule has 0 amide bonds. The molecule has 0 saturated carbocycles. The highest BCUT2D eigenvalue weighted by molar-refractivity contribution is 4.98. The molecule has 1 rings (SSSR count). The molecule has 0 fully saturated rings. The van der Waals surface area contributed by atoms with E-state index in [4.69, 9.17) is 14.9 Å². The van der Waals surface area contributed by atoms with Crippen molar-refractivity contribution in [2.75, 3.05) is 13.1 Å². The average molecular weight is 217 g/mol. The van der Waals surface area contributed by atoms with Gasteiger partial charge in [-0.05, 0) is 25.1 Å². The van der Waals surface area contributed by atoms with E-state index in [2.05, 4.69) is 17.0 Å². The van der Waals surface area contributed by atoms with Crippen LogP contribution in [0.25, 0.3) is 0 Å². The van der Waals surface area contributed by atoms with Gasteiger partial charge in [0.1, 0.15) is 5.76 Å². The van der Waals surface area contributed by atoms with Crippen LogP contribution in [0.3, 0.4) is 0 Å². The van der Waals surface area contributed by atoms with E-state index in [0.717, 1.165) is 25.3 Å². The Balaban J connectivity index is 2.38. The Hall–Kier alpha value is -1.78. The molecular formula is C12H15N3O. The van der Waals surface area contributed by atoms with Gasteiger partial charge in [0, 0.05) is 19.4 Å². The molecule has 0 spiro atoms. The van der Waals surface area contributed by atoms with Crippen molar-refractivity contribution in [2.45, 2.75) is 25.8 Å². The van der Waals surface area contributed by atoms with E-state index in [1.54, 1.807) is 6.26 Å². The van der Waals surface area contributed by atoms with E-state index < -0.39 is 0 Å². The van der Waals surface area contributed by atoms with Gasteiger partial charge < -0.3 is 4.42 Å². The maximum atomic E-state index is 8.56. The van der Waals surface area contributed by atoms with E-state index in [-0.39, 0.29) is 0 Å². The Morgan fingerprint density at radius 2 is 2.00 bits per heavy atom. The Labute approximate surface area is 95.7 Å². The summed E-state index contributed by atoms with van der Waals surface area (Å²) in [6.07, 6.45) is 3.55. The minimum Gasteiger partial charge on any atom is -0.468 e. The molecule has 0 atom stereocenters. The van der Waals surface area contributed by atoms with Gasteiger partial charge in [-0.25, -0.2) is 0 Å². The molecule has 0 aromatic carbocycles. The van der Waals surface area contributed by atoms with Gasteiger partial charge in [0.25, 0.3) is 0 Å². The summed E-state index contributed by atoms with van der Waals surface area (Å²) in [4.78, 5) is 2.14. The molecule has 16 heavy (non-hydrogen) atoms. The molecule has 0 saturated heterocycles. The molecule has 0 unspecified atom stereocenters. The Kier molecular flexibility index (Phi) is 5.76. The minimum absolute atomic E-state index is 0.507. The van der Waals surface area contributed by atoms with Gasteiger partial charge in [0.2, 0.25) is 0 Å². The lowest BCUT2D eigenvalue weighted by Gasteiger charge is -2.18. The number of hydrogen-bond acceptors (Lipinski definition) is 4. The third-order valence-electron chi connectivity index (χ3n) is 2.26. The van der Waals surface area contributed by atoms with Crippen LogP contribution < -0.4 is 0 Å². The normalized spacial score (nSPS) is 9.94. The third-order valence-corrected chi connectivity index (χ3v) is 2.26. The summed E-state index contributed by atoms with van der Waals surface area (Å²) >= 11 is 0. The van der Waals surface area contributed by atoms with Gasteiger partial charge >= 0.3 is 0 Å². The second-order valence-electron chi connectivity index (χ2n) is 3.53. The lowest BCUT2D eigenvalue weighted by atomic mass is 10.3. The van der Waals surface area contributed by atoms with E-state index in [9.17, 15) is 0 Å². The van der Waals surface area contributed by atoms with Crippen molar-refractivity contribution in [3.63, 3.8) is 0 Å². The molecule has 1 aromatic rings. The predicted octanol–water partition coefficient (Wildman–Crippen LogP) is 2.30. The van der Waals surface area contributed by atoms with Gasteiger partial charge in [-0.15, -0.1) is 0 Å². The number of nitriles is 2. The van der Waals surface area contributed by atoms with Gasteiger partial charge in [0.05, 0.1) is 24.9 Å². The minimum atomic E-state index is 0.507. The highest BCUT2D eigenvalue weighted by atomic mass is 16.3. The van der Waals surface area contributed by atoms with Crippen molar-refractivity contribution in [3.05, 3.63) is 24.2 Å². The Morgan fingerprint density at radius 1 is 1.19 bits per heavy atom. The summed E-state index contributed by atoms with van der Waals surface area (Å²) in [6, 6.07) is 8.03. The van der Waals surface area contributed by atoms with E-state index in [1.165, 1.54) is 0 Å². The van der Waals surface area contributed by atoms with Crippen LogP contribution in [0.5, 0.6) is 0 Å². The average Bonchev–Trinajstić information content (AvgIpc) is 2.78. The number of rotatable bonds is 7. The van der Waals surface area contributed by atoms with Crippen LogP contribution in [0.4, 0.5) is 0 Å². The van der Waals surface area contributed by atoms with Crippen LogP contribution in [0.1, 0.15) is 25.0 Å². The molecule has 0 bridgehead atoms. The molecule has 4 nitrogen and oxygen atoms in total. The molecule has 84 valence electrons. The lowest BCUT2D eigenvalue weighted by Crippen LogP contribution is -2.25. The van der Waals surface area contributed by atoms with Gasteiger partial charge in [-0.1, -0.05) is 0 Å². The first kappa shape index (κ1) is 12.3. The van der Waals surface area contributed by atoms with Crippen molar-refractivity contribution in [3.8, 4) is 12.1 Å². The van der Waals surface area contributed by atoms with Crippen molar-refractivity contribution in [2.24, 2.45) is 0 Å². The molecule has 4 heteroatoms. The Bertz CT molecular complexity index is 359. The van der Waals surface area contributed by atoms with Crippen LogP contribution in [0.2, 0.25) is 0 Å². The molecule has 0 radical (unpaired) electrons.